The molecule has 2 nitrogen and oxygen atoms in total. The molecule has 0 bridgehead atoms. The summed E-state index contributed by atoms with van der Waals surface area (Å²) < 4.78 is 13.8. The van der Waals surface area contributed by atoms with Gasteiger partial charge >= 0.3 is 0 Å². The van der Waals surface area contributed by atoms with Crippen molar-refractivity contribution in [2.45, 2.75) is 0 Å². The first-order valence-electron chi connectivity index (χ1n) is 3.65. The highest BCUT2D eigenvalue weighted by Crippen LogP contribution is 2.28. The van der Waals surface area contributed by atoms with Crippen molar-refractivity contribution in [1.29, 1.82) is 0 Å². The van der Waals surface area contributed by atoms with E-state index in [0.717, 1.165) is 0 Å². The van der Waals surface area contributed by atoms with Crippen molar-refractivity contribution in [1.82, 2.24) is 4.98 Å². The standard InChI is InChI=1S/C9H5BrFNO/c10-8-5-2-1-3-6(11)9(5)12-7(8)4-13/h1-4,12H. The van der Waals surface area contributed by atoms with Gasteiger partial charge in [0.15, 0.2) is 6.29 Å². The first-order chi connectivity index (χ1) is 6.24. The Balaban J connectivity index is 2.91. The van der Waals surface area contributed by atoms with Gasteiger partial charge in [0.05, 0.1) is 15.7 Å². The number of hydrogen-bond acceptors (Lipinski definition) is 1. The van der Waals surface area contributed by atoms with E-state index < -0.39 is 0 Å². The number of rotatable bonds is 1. The number of fused-ring (bicyclic) bond motifs is 1. The van der Waals surface area contributed by atoms with Crippen molar-refractivity contribution in [3.63, 3.8) is 0 Å². The summed E-state index contributed by atoms with van der Waals surface area (Å²) in [5.74, 6) is -0.355. The van der Waals surface area contributed by atoms with E-state index in [1.807, 2.05) is 0 Å². The first kappa shape index (κ1) is 8.44. The van der Waals surface area contributed by atoms with Crippen molar-refractivity contribution >= 4 is 33.1 Å². The first-order valence-corrected chi connectivity index (χ1v) is 4.44. The molecule has 4 heteroatoms. The van der Waals surface area contributed by atoms with Crippen molar-refractivity contribution in [3.8, 4) is 0 Å². The van der Waals surface area contributed by atoms with Crippen LogP contribution in [-0.2, 0) is 0 Å². The molecule has 1 aromatic heterocycles. The number of aldehydes is 1. The predicted molar refractivity (Wildman–Crippen MR) is 51.3 cm³/mol. The van der Waals surface area contributed by atoms with Crippen molar-refractivity contribution in [2.24, 2.45) is 0 Å². The van der Waals surface area contributed by atoms with Crippen LogP contribution in [0.15, 0.2) is 22.7 Å². The zero-order valence-electron chi connectivity index (χ0n) is 6.47. The third kappa shape index (κ3) is 1.18. The molecule has 0 radical (unpaired) electrons. The number of carbonyl (C=O) groups excluding carboxylic acids is 1. The summed E-state index contributed by atoms with van der Waals surface area (Å²) in [6.07, 6.45) is 0.656. The fraction of sp³-hybridized carbons (Fsp3) is 0. The van der Waals surface area contributed by atoms with Crippen LogP contribution in [0, 0.1) is 5.82 Å². The second kappa shape index (κ2) is 2.96. The van der Waals surface area contributed by atoms with Crippen LogP contribution in [0.5, 0.6) is 0 Å². The number of nitrogens with one attached hydrogen (secondary N) is 1. The summed E-state index contributed by atoms with van der Waals surface area (Å²) in [6.45, 7) is 0. The molecule has 2 rings (SSSR count). The lowest BCUT2D eigenvalue weighted by atomic mass is 10.2. The number of H-pyrrole nitrogens is 1. The summed E-state index contributed by atoms with van der Waals surface area (Å²) in [5.41, 5.74) is 0.719. The van der Waals surface area contributed by atoms with E-state index in [-0.39, 0.29) is 5.82 Å². The number of para-hydroxylation sites is 1. The van der Waals surface area contributed by atoms with Crippen molar-refractivity contribution in [2.75, 3.05) is 0 Å². The lowest BCUT2D eigenvalue weighted by Gasteiger charge is -1.90. The van der Waals surface area contributed by atoms with Crippen LogP contribution in [0.4, 0.5) is 4.39 Å². The molecule has 0 amide bonds. The van der Waals surface area contributed by atoms with Gasteiger partial charge in [-0.25, -0.2) is 4.39 Å². The summed E-state index contributed by atoms with van der Waals surface area (Å²) in [5, 5.41) is 0.683. The molecule has 1 heterocycles. The predicted octanol–water partition coefficient (Wildman–Crippen LogP) is 2.88. The maximum Gasteiger partial charge on any atom is 0.167 e. The molecule has 0 atom stereocenters. The lowest BCUT2D eigenvalue weighted by molar-refractivity contribution is 0.111. The maximum atomic E-state index is 13.1. The van der Waals surface area contributed by atoms with Crippen LogP contribution in [0.25, 0.3) is 10.9 Å². The molecule has 0 aliphatic carbocycles. The maximum absolute atomic E-state index is 13.1. The summed E-state index contributed by atoms with van der Waals surface area (Å²) >= 11 is 3.22. The highest BCUT2D eigenvalue weighted by Gasteiger charge is 2.10. The van der Waals surface area contributed by atoms with Gasteiger partial charge in [-0.3, -0.25) is 4.79 Å². The van der Waals surface area contributed by atoms with E-state index in [4.69, 9.17) is 0 Å². The molecule has 0 aliphatic rings. The minimum atomic E-state index is -0.355. The molecule has 1 aromatic carbocycles. The van der Waals surface area contributed by atoms with Gasteiger partial charge in [0.25, 0.3) is 0 Å². The Morgan fingerprint density at radius 1 is 1.46 bits per heavy atom. The van der Waals surface area contributed by atoms with Gasteiger partial charge in [-0.2, -0.15) is 0 Å². The molecule has 0 aliphatic heterocycles. The average Bonchev–Trinajstić information content (AvgIpc) is 2.45. The molecule has 0 saturated carbocycles. The summed E-state index contributed by atoms with van der Waals surface area (Å²) in [7, 11) is 0. The zero-order chi connectivity index (χ0) is 9.42. The molecule has 2 aromatic rings. The Morgan fingerprint density at radius 3 is 2.85 bits per heavy atom. The molecule has 0 unspecified atom stereocenters. The quantitative estimate of drug-likeness (QED) is 0.766. The molecular formula is C9H5BrFNO. The van der Waals surface area contributed by atoms with E-state index in [1.165, 1.54) is 6.07 Å². The Hall–Kier alpha value is -1.16. The van der Waals surface area contributed by atoms with Crippen LogP contribution < -0.4 is 0 Å². The highest BCUT2D eigenvalue weighted by molar-refractivity contribution is 9.10. The van der Waals surface area contributed by atoms with Gasteiger partial charge in [-0.1, -0.05) is 12.1 Å². The summed E-state index contributed by atoms with van der Waals surface area (Å²) in [4.78, 5) is 13.2. The number of benzene rings is 1. The fourth-order valence-corrected chi connectivity index (χ4v) is 1.77. The highest BCUT2D eigenvalue weighted by atomic mass is 79.9. The smallest absolute Gasteiger partial charge is 0.167 e. The van der Waals surface area contributed by atoms with Gasteiger partial charge in [0, 0.05) is 5.39 Å². The fourth-order valence-electron chi connectivity index (χ4n) is 1.25. The Bertz CT molecular complexity index is 478. The van der Waals surface area contributed by atoms with Gasteiger partial charge in [-0.05, 0) is 22.0 Å². The third-order valence-corrected chi connectivity index (χ3v) is 2.72. The van der Waals surface area contributed by atoms with Crippen LogP contribution in [0.3, 0.4) is 0 Å². The van der Waals surface area contributed by atoms with E-state index in [1.54, 1.807) is 12.1 Å². The normalized spacial score (nSPS) is 10.6. The monoisotopic (exact) mass is 241 g/mol. The molecule has 0 fully saturated rings. The minimum Gasteiger partial charge on any atom is -0.349 e. The van der Waals surface area contributed by atoms with Crippen LogP contribution in [-0.4, -0.2) is 11.3 Å². The van der Waals surface area contributed by atoms with Gasteiger partial charge in [-0.15, -0.1) is 0 Å². The van der Waals surface area contributed by atoms with Crippen LogP contribution in [0.1, 0.15) is 10.5 Å². The molecule has 13 heavy (non-hydrogen) atoms. The van der Waals surface area contributed by atoms with Crippen LogP contribution >= 0.6 is 15.9 Å². The van der Waals surface area contributed by atoms with E-state index in [2.05, 4.69) is 20.9 Å². The van der Waals surface area contributed by atoms with Crippen molar-refractivity contribution in [3.05, 3.63) is 34.2 Å². The minimum absolute atomic E-state index is 0.355. The van der Waals surface area contributed by atoms with Crippen molar-refractivity contribution < 1.29 is 9.18 Å². The lowest BCUT2D eigenvalue weighted by Crippen LogP contribution is -1.78. The largest absolute Gasteiger partial charge is 0.349 e. The average molecular weight is 242 g/mol. The Labute approximate surface area is 81.9 Å². The van der Waals surface area contributed by atoms with E-state index in [9.17, 15) is 9.18 Å². The Morgan fingerprint density at radius 2 is 2.23 bits per heavy atom. The second-order valence-corrected chi connectivity index (χ2v) is 3.43. The number of hydrogen-bond donors (Lipinski definition) is 1. The van der Waals surface area contributed by atoms with E-state index >= 15 is 0 Å². The molecule has 0 saturated heterocycles. The number of aromatic amines is 1. The SMILES string of the molecule is O=Cc1[nH]c2c(F)cccc2c1Br. The number of carbonyl (C=O) groups is 1. The number of halogens is 2. The third-order valence-electron chi connectivity index (χ3n) is 1.86. The molecule has 66 valence electrons. The van der Waals surface area contributed by atoms with Gasteiger partial charge in [0.2, 0.25) is 0 Å². The second-order valence-electron chi connectivity index (χ2n) is 2.63. The zero-order valence-corrected chi connectivity index (χ0v) is 8.06. The molecule has 1 N–H and O–H groups in total. The van der Waals surface area contributed by atoms with Gasteiger partial charge in [0.1, 0.15) is 5.82 Å². The number of aromatic nitrogens is 1. The molecular weight excluding hydrogens is 237 g/mol. The van der Waals surface area contributed by atoms with E-state index in [0.29, 0.717) is 27.4 Å². The summed E-state index contributed by atoms with van der Waals surface area (Å²) in [6, 6.07) is 4.69. The Kier molecular flexibility index (Phi) is 1.92. The van der Waals surface area contributed by atoms with Gasteiger partial charge < -0.3 is 4.98 Å². The molecule has 0 spiro atoms. The topological polar surface area (TPSA) is 32.9 Å². The van der Waals surface area contributed by atoms with Crippen LogP contribution in [0.2, 0.25) is 0 Å².